The van der Waals surface area contributed by atoms with Crippen molar-refractivity contribution in [3.8, 4) is 17.1 Å². The summed E-state index contributed by atoms with van der Waals surface area (Å²) in [5.41, 5.74) is 2.33. The van der Waals surface area contributed by atoms with E-state index in [1.165, 1.54) is 7.11 Å². The largest absolute Gasteiger partial charge is 0.495 e. The SMILES string of the molecule is CCN1CCC[C@H]1CNS(=O)(=O)c1cc(-c2onc(C)c2C)ccc1OC. The van der Waals surface area contributed by atoms with Gasteiger partial charge >= 0.3 is 0 Å². The van der Waals surface area contributed by atoms with Crippen LogP contribution in [0.2, 0.25) is 0 Å². The summed E-state index contributed by atoms with van der Waals surface area (Å²) in [4.78, 5) is 2.41. The van der Waals surface area contributed by atoms with Crippen molar-refractivity contribution in [2.24, 2.45) is 0 Å². The van der Waals surface area contributed by atoms with Crippen LogP contribution in [0.4, 0.5) is 0 Å². The fourth-order valence-electron chi connectivity index (χ4n) is 3.54. The van der Waals surface area contributed by atoms with Crippen molar-refractivity contribution >= 4 is 10.0 Å². The Kier molecular flexibility index (Phi) is 5.88. The van der Waals surface area contributed by atoms with Gasteiger partial charge in [0.15, 0.2) is 5.76 Å². The molecule has 1 fully saturated rings. The number of rotatable bonds is 7. The average molecular weight is 394 g/mol. The molecule has 0 aliphatic carbocycles. The summed E-state index contributed by atoms with van der Waals surface area (Å²) in [6, 6.07) is 5.24. The number of methoxy groups -OCH3 is 1. The molecule has 1 atom stereocenters. The van der Waals surface area contributed by atoms with E-state index in [0.29, 0.717) is 23.6 Å². The molecule has 3 rings (SSSR count). The highest BCUT2D eigenvalue weighted by Gasteiger charge is 2.27. The molecule has 1 aromatic heterocycles. The molecule has 0 bridgehead atoms. The van der Waals surface area contributed by atoms with Crippen LogP contribution in [0.15, 0.2) is 27.6 Å². The molecule has 0 radical (unpaired) electrons. The van der Waals surface area contributed by atoms with Crippen LogP contribution in [0.1, 0.15) is 31.0 Å². The van der Waals surface area contributed by atoms with Gasteiger partial charge in [-0.25, -0.2) is 13.1 Å². The minimum atomic E-state index is -3.72. The number of likely N-dealkylation sites (tertiary alicyclic amines) is 1. The first-order valence-electron chi connectivity index (χ1n) is 9.22. The van der Waals surface area contributed by atoms with Crippen molar-refractivity contribution in [3.63, 3.8) is 0 Å². The molecule has 0 unspecified atom stereocenters. The van der Waals surface area contributed by atoms with Gasteiger partial charge in [-0.3, -0.25) is 4.90 Å². The predicted molar refractivity (Wildman–Crippen MR) is 103 cm³/mol. The van der Waals surface area contributed by atoms with Crippen molar-refractivity contribution in [2.75, 3.05) is 26.7 Å². The summed E-state index contributed by atoms with van der Waals surface area (Å²) >= 11 is 0. The van der Waals surface area contributed by atoms with E-state index < -0.39 is 10.0 Å². The molecule has 2 heterocycles. The number of sulfonamides is 1. The number of ether oxygens (including phenoxy) is 1. The van der Waals surface area contributed by atoms with E-state index in [1.807, 2.05) is 13.8 Å². The Morgan fingerprint density at radius 3 is 2.78 bits per heavy atom. The maximum absolute atomic E-state index is 13.0. The van der Waals surface area contributed by atoms with Gasteiger partial charge in [0.2, 0.25) is 10.0 Å². The van der Waals surface area contributed by atoms with Gasteiger partial charge in [0, 0.05) is 23.7 Å². The number of aromatic nitrogens is 1. The van der Waals surface area contributed by atoms with Gasteiger partial charge in [0.1, 0.15) is 10.6 Å². The quantitative estimate of drug-likeness (QED) is 0.779. The lowest BCUT2D eigenvalue weighted by Crippen LogP contribution is -2.40. The molecule has 1 N–H and O–H groups in total. The van der Waals surface area contributed by atoms with Gasteiger partial charge in [-0.05, 0) is 58.0 Å². The second-order valence-electron chi connectivity index (χ2n) is 6.86. The van der Waals surface area contributed by atoms with Crippen LogP contribution in [0.5, 0.6) is 5.75 Å². The molecule has 8 heteroatoms. The Morgan fingerprint density at radius 1 is 1.37 bits per heavy atom. The molecule has 0 saturated carbocycles. The van der Waals surface area contributed by atoms with E-state index in [1.54, 1.807) is 18.2 Å². The van der Waals surface area contributed by atoms with Gasteiger partial charge in [-0.15, -0.1) is 0 Å². The zero-order valence-electron chi connectivity index (χ0n) is 16.3. The summed E-state index contributed by atoms with van der Waals surface area (Å²) in [7, 11) is -2.26. The number of nitrogens with zero attached hydrogens (tertiary/aromatic N) is 2. The van der Waals surface area contributed by atoms with Gasteiger partial charge < -0.3 is 9.26 Å². The maximum Gasteiger partial charge on any atom is 0.244 e. The lowest BCUT2D eigenvalue weighted by molar-refractivity contribution is 0.268. The highest BCUT2D eigenvalue weighted by atomic mass is 32.2. The van der Waals surface area contributed by atoms with E-state index in [4.69, 9.17) is 9.26 Å². The second kappa shape index (κ2) is 8.00. The van der Waals surface area contributed by atoms with Crippen molar-refractivity contribution in [2.45, 2.75) is 44.6 Å². The number of nitrogens with one attached hydrogen (secondary N) is 1. The zero-order chi connectivity index (χ0) is 19.6. The van der Waals surface area contributed by atoms with Crippen molar-refractivity contribution in [1.29, 1.82) is 0 Å². The minimum absolute atomic E-state index is 0.108. The van der Waals surface area contributed by atoms with Gasteiger partial charge in [-0.1, -0.05) is 12.1 Å². The van der Waals surface area contributed by atoms with E-state index >= 15 is 0 Å². The molecule has 148 valence electrons. The van der Waals surface area contributed by atoms with Crippen LogP contribution in [-0.2, 0) is 10.0 Å². The standard InChI is InChI=1S/C19H27N3O4S/c1-5-22-10-6-7-16(22)12-20-27(23,24)18-11-15(8-9-17(18)25-4)19-13(2)14(3)21-26-19/h8-9,11,16,20H,5-7,10,12H2,1-4H3/t16-/m0/s1. The normalized spacial score (nSPS) is 18.1. The number of hydrogen-bond acceptors (Lipinski definition) is 6. The van der Waals surface area contributed by atoms with Crippen molar-refractivity contribution in [1.82, 2.24) is 14.8 Å². The molecular weight excluding hydrogens is 366 g/mol. The Bertz CT molecular complexity index is 908. The summed E-state index contributed by atoms with van der Waals surface area (Å²) in [6.07, 6.45) is 2.10. The van der Waals surface area contributed by atoms with Crippen molar-refractivity contribution < 1.29 is 17.7 Å². The second-order valence-corrected chi connectivity index (χ2v) is 8.60. The fraction of sp³-hybridized carbons (Fsp3) is 0.526. The maximum atomic E-state index is 13.0. The van der Waals surface area contributed by atoms with E-state index in [0.717, 1.165) is 37.2 Å². The monoisotopic (exact) mass is 393 g/mol. The van der Waals surface area contributed by atoms with E-state index in [9.17, 15) is 8.42 Å². The van der Waals surface area contributed by atoms with E-state index in [2.05, 4.69) is 21.7 Å². The minimum Gasteiger partial charge on any atom is -0.495 e. The van der Waals surface area contributed by atoms with Crippen LogP contribution < -0.4 is 9.46 Å². The number of aryl methyl sites for hydroxylation is 1. The molecule has 1 aliphatic rings. The molecule has 1 saturated heterocycles. The Hall–Kier alpha value is -1.90. The summed E-state index contributed by atoms with van der Waals surface area (Å²) in [6.45, 7) is 8.19. The first-order chi connectivity index (χ1) is 12.9. The summed E-state index contributed by atoms with van der Waals surface area (Å²) < 4.78 is 39.4. The van der Waals surface area contributed by atoms with Crippen molar-refractivity contribution in [3.05, 3.63) is 29.5 Å². The first-order valence-corrected chi connectivity index (χ1v) is 10.7. The zero-order valence-corrected chi connectivity index (χ0v) is 17.1. The molecule has 0 amide bonds. The highest BCUT2D eigenvalue weighted by Crippen LogP contribution is 2.32. The fourth-order valence-corrected chi connectivity index (χ4v) is 4.80. The molecule has 1 aromatic carbocycles. The Labute approximate surface area is 160 Å². The number of hydrogen-bond donors (Lipinski definition) is 1. The molecule has 2 aromatic rings. The molecule has 0 spiro atoms. The van der Waals surface area contributed by atoms with Crippen LogP contribution in [0.25, 0.3) is 11.3 Å². The van der Waals surface area contributed by atoms with Crippen LogP contribution in [0.3, 0.4) is 0 Å². The smallest absolute Gasteiger partial charge is 0.244 e. The van der Waals surface area contributed by atoms with Crippen LogP contribution in [0, 0.1) is 13.8 Å². The van der Waals surface area contributed by atoms with Crippen LogP contribution in [-0.4, -0.2) is 51.3 Å². The predicted octanol–water partition coefficient (Wildman–Crippen LogP) is 2.73. The van der Waals surface area contributed by atoms with Gasteiger partial charge in [-0.2, -0.15) is 0 Å². The molecule has 7 nitrogen and oxygen atoms in total. The Balaban J connectivity index is 1.89. The summed E-state index contributed by atoms with van der Waals surface area (Å²) in [5.74, 6) is 0.874. The van der Waals surface area contributed by atoms with Crippen LogP contribution >= 0.6 is 0 Å². The van der Waals surface area contributed by atoms with Gasteiger partial charge in [0.25, 0.3) is 0 Å². The lowest BCUT2D eigenvalue weighted by atomic mass is 10.1. The molecule has 27 heavy (non-hydrogen) atoms. The summed E-state index contributed by atoms with van der Waals surface area (Å²) in [5, 5.41) is 3.96. The topological polar surface area (TPSA) is 84.7 Å². The molecule has 1 aliphatic heterocycles. The Morgan fingerprint density at radius 2 is 2.15 bits per heavy atom. The third kappa shape index (κ3) is 4.02. The van der Waals surface area contributed by atoms with Gasteiger partial charge in [0.05, 0.1) is 12.8 Å². The molecular formula is C19H27N3O4S. The average Bonchev–Trinajstić information content (AvgIpc) is 3.26. The highest BCUT2D eigenvalue weighted by molar-refractivity contribution is 7.89. The number of benzene rings is 1. The number of likely N-dealkylation sites (N-methyl/N-ethyl adjacent to an activating group) is 1. The third-order valence-corrected chi connectivity index (χ3v) is 6.73. The lowest BCUT2D eigenvalue weighted by Gasteiger charge is -2.23. The van der Waals surface area contributed by atoms with E-state index in [-0.39, 0.29) is 10.9 Å². The third-order valence-electron chi connectivity index (χ3n) is 5.29. The first kappa shape index (κ1) is 19.9.